The van der Waals surface area contributed by atoms with Crippen LogP contribution in [0.2, 0.25) is 0 Å². The summed E-state index contributed by atoms with van der Waals surface area (Å²) in [4.78, 5) is 14.1. The van der Waals surface area contributed by atoms with Crippen LogP contribution < -0.4 is 4.74 Å². The van der Waals surface area contributed by atoms with E-state index in [1.54, 1.807) is 12.1 Å². The quantitative estimate of drug-likeness (QED) is 0.129. The zero-order valence-electron chi connectivity index (χ0n) is 19.4. The molecule has 190 valence electrons. The lowest BCUT2D eigenvalue weighted by atomic mass is 10.1. The first-order valence-electron chi connectivity index (χ1n) is 11.0. The molecule has 0 aliphatic heterocycles. The van der Waals surface area contributed by atoms with Gasteiger partial charge in [0.2, 0.25) is 0 Å². The van der Waals surface area contributed by atoms with Crippen LogP contribution in [0, 0.1) is 0 Å². The molecule has 0 aliphatic carbocycles. The largest absolute Gasteiger partial charge is 0.492 e. The molecule has 0 unspecified atom stereocenters. The minimum Gasteiger partial charge on any atom is -0.492 e. The minimum absolute atomic E-state index is 0.0966. The van der Waals surface area contributed by atoms with Crippen LogP contribution in [0.5, 0.6) is 5.75 Å². The highest BCUT2D eigenvalue weighted by atomic mass is 79.9. The zero-order chi connectivity index (χ0) is 26.1. The maximum atomic E-state index is 10.7. The molecule has 36 heavy (non-hydrogen) atoms. The van der Waals surface area contributed by atoms with E-state index in [-0.39, 0.29) is 10.9 Å². The van der Waals surface area contributed by atoms with Crippen molar-refractivity contribution in [3.05, 3.63) is 93.0 Å². The van der Waals surface area contributed by atoms with E-state index in [4.69, 9.17) is 14.0 Å². The first-order chi connectivity index (χ1) is 17.1. The van der Waals surface area contributed by atoms with Crippen molar-refractivity contribution >= 4 is 58.9 Å². The monoisotopic (exact) mass is 637 g/mol. The van der Waals surface area contributed by atoms with Gasteiger partial charge in [0, 0.05) is 35.4 Å². The van der Waals surface area contributed by atoms with E-state index in [1.807, 2.05) is 18.2 Å². The predicted molar refractivity (Wildman–Crippen MR) is 146 cm³/mol. The molecule has 0 bridgehead atoms. The van der Waals surface area contributed by atoms with Gasteiger partial charge in [0.1, 0.15) is 5.75 Å². The van der Waals surface area contributed by atoms with Crippen LogP contribution >= 0.6 is 31.9 Å². The van der Waals surface area contributed by atoms with Crippen LogP contribution in [-0.2, 0) is 26.1 Å². The summed E-state index contributed by atoms with van der Waals surface area (Å²) in [7, 11) is -4.04. The van der Waals surface area contributed by atoms with Crippen LogP contribution in [0.1, 0.15) is 24.6 Å². The summed E-state index contributed by atoms with van der Waals surface area (Å²) in [6, 6.07) is 22.3. The van der Waals surface area contributed by atoms with Gasteiger partial charge in [-0.1, -0.05) is 40.2 Å². The molecule has 1 heterocycles. The number of hydrogen-bond donors (Lipinski definition) is 2. The maximum absolute atomic E-state index is 10.7. The lowest BCUT2D eigenvalue weighted by Crippen LogP contribution is -2.06. The molecule has 0 atom stereocenters. The van der Waals surface area contributed by atoms with Crippen LogP contribution in [-0.4, -0.2) is 37.1 Å². The minimum atomic E-state index is -4.04. The Kier molecular flexibility index (Phi) is 10.1. The number of fused-ring (bicyclic) bond motifs is 1. The third-order valence-corrected chi connectivity index (χ3v) is 6.96. The number of nitrogens with one attached hydrogen (secondary N) is 1. The van der Waals surface area contributed by atoms with Crippen molar-refractivity contribution in [2.75, 3.05) is 13.2 Å². The number of para-hydroxylation sites is 1. The summed E-state index contributed by atoms with van der Waals surface area (Å²) in [5.74, 6) is 0.533. The van der Waals surface area contributed by atoms with E-state index in [0.29, 0.717) is 19.6 Å². The molecule has 0 saturated heterocycles. The second-order valence-electron chi connectivity index (χ2n) is 7.79. The van der Waals surface area contributed by atoms with E-state index >= 15 is 0 Å². The highest BCUT2D eigenvalue weighted by Crippen LogP contribution is 2.27. The van der Waals surface area contributed by atoms with Gasteiger partial charge >= 0.3 is 5.97 Å². The summed E-state index contributed by atoms with van der Waals surface area (Å²) in [6.45, 7) is 2.29. The van der Waals surface area contributed by atoms with E-state index < -0.39 is 10.1 Å². The van der Waals surface area contributed by atoms with Gasteiger partial charge in [-0.3, -0.25) is 9.35 Å². The molecular formula is C26H25Br2NO6S. The Bertz CT molecular complexity index is 1390. The molecular weight excluding hydrogens is 614 g/mol. The molecule has 4 rings (SSSR count). The number of benzene rings is 3. The molecule has 0 spiro atoms. The summed E-state index contributed by atoms with van der Waals surface area (Å²) in [5, 5.41) is 1.23. The fourth-order valence-corrected chi connectivity index (χ4v) is 4.57. The number of aromatic nitrogens is 1. The van der Waals surface area contributed by atoms with Crippen molar-refractivity contribution < 1.29 is 27.2 Å². The molecule has 0 saturated carbocycles. The molecule has 3 aromatic carbocycles. The van der Waals surface area contributed by atoms with Gasteiger partial charge in [-0.2, -0.15) is 8.42 Å². The summed E-state index contributed by atoms with van der Waals surface area (Å²) in [5.41, 5.74) is 3.54. The molecule has 0 amide bonds. The average Bonchev–Trinajstić information content (AvgIpc) is 3.22. The van der Waals surface area contributed by atoms with E-state index in [1.165, 1.54) is 35.7 Å². The lowest BCUT2D eigenvalue weighted by Gasteiger charge is -2.09. The van der Waals surface area contributed by atoms with Gasteiger partial charge in [-0.15, -0.1) is 0 Å². The number of H-pyrrole nitrogens is 1. The first-order valence-corrected chi connectivity index (χ1v) is 14.0. The number of carbonyl (C=O) groups is 1. The molecule has 0 radical (unpaired) electrons. The Hall–Kier alpha value is -2.66. The zero-order valence-corrected chi connectivity index (χ0v) is 23.4. The van der Waals surface area contributed by atoms with Crippen molar-refractivity contribution in [1.29, 1.82) is 0 Å². The molecule has 4 aromatic rings. The van der Waals surface area contributed by atoms with Crippen molar-refractivity contribution in [2.45, 2.75) is 24.7 Å². The van der Waals surface area contributed by atoms with Crippen LogP contribution in [0.4, 0.5) is 0 Å². The normalized spacial score (nSPS) is 11.0. The Morgan fingerprint density at radius 2 is 1.69 bits per heavy atom. The second-order valence-corrected chi connectivity index (χ2v) is 11.0. The standard InChI is InChI=1S/C20H20BrNO3.C6H5BrO3S/c1-14(23)24-9-4-10-25-20-8-7-15(12-18(20)21)11-17-13-16-5-2-3-6-19(16)22-17;7-5-1-3-6(4-2-5)11(8,9)10/h2-3,5-8,12-13,22H,4,9-11H2,1H3;1-4H,(H,8,9,10). The Balaban J connectivity index is 0.000000275. The Labute approximate surface area is 226 Å². The van der Waals surface area contributed by atoms with E-state index in [9.17, 15) is 13.2 Å². The number of halogens is 2. The third kappa shape index (κ3) is 8.77. The molecule has 7 nitrogen and oxygen atoms in total. The third-order valence-electron chi connectivity index (χ3n) is 4.94. The predicted octanol–water partition coefficient (Wildman–Crippen LogP) is 6.55. The fourth-order valence-electron chi connectivity index (χ4n) is 3.28. The van der Waals surface area contributed by atoms with E-state index in [0.717, 1.165) is 26.6 Å². The molecule has 1 aromatic heterocycles. The SMILES string of the molecule is CC(=O)OCCCOc1ccc(Cc2cc3ccccc3[nH]2)cc1Br.O=S(=O)(O)c1ccc(Br)cc1. The highest BCUT2D eigenvalue weighted by molar-refractivity contribution is 9.10. The van der Waals surface area contributed by atoms with Crippen molar-refractivity contribution in [1.82, 2.24) is 4.98 Å². The van der Waals surface area contributed by atoms with Crippen molar-refractivity contribution in [3.63, 3.8) is 0 Å². The number of esters is 1. The van der Waals surface area contributed by atoms with Crippen LogP contribution in [0.15, 0.2) is 86.6 Å². The molecule has 0 aliphatic rings. The topological polar surface area (TPSA) is 106 Å². The lowest BCUT2D eigenvalue weighted by molar-refractivity contribution is -0.141. The number of hydrogen-bond acceptors (Lipinski definition) is 5. The van der Waals surface area contributed by atoms with Gasteiger partial charge in [0.15, 0.2) is 0 Å². The fraction of sp³-hybridized carbons (Fsp3) is 0.192. The first kappa shape index (κ1) is 27.9. The Morgan fingerprint density at radius 3 is 2.33 bits per heavy atom. The van der Waals surface area contributed by atoms with Gasteiger partial charge in [0.25, 0.3) is 10.1 Å². The molecule has 10 heteroatoms. The highest BCUT2D eigenvalue weighted by Gasteiger charge is 2.08. The molecule has 2 N–H and O–H groups in total. The molecule has 0 fully saturated rings. The summed E-state index contributed by atoms with van der Waals surface area (Å²) in [6.07, 6.45) is 1.50. The summed E-state index contributed by atoms with van der Waals surface area (Å²) < 4.78 is 41.8. The number of aromatic amines is 1. The maximum Gasteiger partial charge on any atom is 0.302 e. The Morgan fingerprint density at radius 1 is 0.972 bits per heavy atom. The number of carbonyl (C=O) groups excluding carboxylic acids is 1. The number of ether oxygens (including phenoxy) is 2. The summed E-state index contributed by atoms with van der Waals surface area (Å²) >= 11 is 6.70. The number of rotatable bonds is 8. The van der Waals surface area contributed by atoms with Crippen LogP contribution in [0.25, 0.3) is 10.9 Å². The van der Waals surface area contributed by atoms with Gasteiger partial charge in [-0.05, 0) is 75.4 Å². The second kappa shape index (κ2) is 13.0. The average molecular weight is 639 g/mol. The van der Waals surface area contributed by atoms with Crippen LogP contribution in [0.3, 0.4) is 0 Å². The van der Waals surface area contributed by atoms with Crippen molar-refractivity contribution in [2.24, 2.45) is 0 Å². The van der Waals surface area contributed by atoms with E-state index in [2.05, 4.69) is 67.2 Å². The van der Waals surface area contributed by atoms with Gasteiger partial charge < -0.3 is 14.5 Å². The smallest absolute Gasteiger partial charge is 0.302 e. The van der Waals surface area contributed by atoms with Gasteiger partial charge in [0.05, 0.1) is 22.6 Å². The van der Waals surface area contributed by atoms with Crippen molar-refractivity contribution in [3.8, 4) is 5.75 Å². The van der Waals surface area contributed by atoms with Gasteiger partial charge in [-0.25, -0.2) is 0 Å².